The number of nitrogen functional groups attached to an aromatic ring is 1. The molecule has 9 heteroatoms. The van der Waals surface area contributed by atoms with Crippen LogP contribution in [0.25, 0.3) is 22.2 Å². The molecule has 5 rings (SSSR count). The second-order valence-corrected chi connectivity index (χ2v) is 9.47. The lowest BCUT2D eigenvalue weighted by atomic mass is 9.80. The van der Waals surface area contributed by atoms with E-state index in [1.807, 2.05) is 30.5 Å². The molecule has 0 saturated heterocycles. The van der Waals surface area contributed by atoms with Crippen LogP contribution in [0.1, 0.15) is 43.1 Å². The number of H-pyrrole nitrogens is 1. The van der Waals surface area contributed by atoms with Crippen molar-refractivity contribution in [2.24, 2.45) is 0 Å². The molecule has 5 N–H and O–H groups in total. The van der Waals surface area contributed by atoms with Gasteiger partial charge in [-0.25, -0.2) is 15.0 Å². The van der Waals surface area contributed by atoms with E-state index >= 15 is 0 Å². The Bertz CT molecular complexity index is 1340. The van der Waals surface area contributed by atoms with Gasteiger partial charge in [-0.15, -0.1) is 0 Å². The maximum Gasteiger partial charge on any atom is 0.270 e. The fraction of sp³-hybridized carbons (Fsp3) is 0.280. The van der Waals surface area contributed by atoms with E-state index in [0.717, 1.165) is 42.1 Å². The largest absolute Gasteiger partial charge is 0.397 e. The predicted molar refractivity (Wildman–Crippen MR) is 135 cm³/mol. The van der Waals surface area contributed by atoms with Gasteiger partial charge in [-0.3, -0.25) is 4.79 Å². The molecule has 1 aliphatic carbocycles. The summed E-state index contributed by atoms with van der Waals surface area (Å²) in [5.74, 6) is 0.318. The van der Waals surface area contributed by atoms with Crippen molar-refractivity contribution in [2.75, 3.05) is 11.1 Å². The van der Waals surface area contributed by atoms with Crippen molar-refractivity contribution in [3.05, 3.63) is 65.7 Å². The number of carbonyl (C=O) groups excluding carboxylic acids is 1. The summed E-state index contributed by atoms with van der Waals surface area (Å²) in [6.45, 7) is 2.07. The van der Waals surface area contributed by atoms with E-state index in [1.165, 1.54) is 6.20 Å². The van der Waals surface area contributed by atoms with Crippen LogP contribution in [0.3, 0.4) is 0 Å². The van der Waals surface area contributed by atoms with Crippen molar-refractivity contribution in [2.45, 2.75) is 44.2 Å². The zero-order valence-electron chi connectivity index (χ0n) is 18.8. The first-order valence-electron chi connectivity index (χ1n) is 11.3. The van der Waals surface area contributed by atoms with E-state index in [9.17, 15) is 4.79 Å². The third kappa shape index (κ3) is 4.54. The van der Waals surface area contributed by atoms with Crippen molar-refractivity contribution >= 4 is 40.0 Å². The Hall–Kier alpha value is -3.65. The molecule has 3 heterocycles. The van der Waals surface area contributed by atoms with Gasteiger partial charge in [0, 0.05) is 34.2 Å². The molecule has 4 aromatic rings. The summed E-state index contributed by atoms with van der Waals surface area (Å²) in [4.78, 5) is 29.3. The van der Waals surface area contributed by atoms with Gasteiger partial charge < -0.3 is 21.4 Å². The van der Waals surface area contributed by atoms with Gasteiger partial charge in [-0.05, 0) is 50.8 Å². The molecule has 0 radical (unpaired) electrons. The van der Waals surface area contributed by atoms with Gasteiger partial charge >= 0.3 is 0 Å². The fourth-order valence-electron chi connectivity index (χ4n) is 4.68. The van der Waals surface area contributed by atoms with Crippen molar-refractivity contribution in [1.82, 2.24) is 25.3 Å². The Labute approximate surface area is 202 Å². The summed E-state index contributed by atoms with van der Waals surface area (Å²) >= 11 is 6.47. The number of hydrogen-bond donors (Lipinski definition) is 4. The normalized spacial score (nSPS) is 20.2. The third-order valence-corrected chi connectivity index (χ3v) is 6.61. The number of amides is 1. The lowest BCUT2D eigenvalue weighted by molar-refractivity contribution is 0.0874. The molecule has 1 aromatic carbocycles. The van der Waals surface area contributed by atoms with Gasteiger partial charge in [0.2, 0.25) is 5.95 Å². The minimum atomic E-state index is -0.373. The van der Waals surface area contributed by atoms with Crippen LogP contribution in [0.2, 0.25) is 5.02 Å². The highest BCUT2D eigenvalue weighted by Gasteiger charge is 2.34. The molecule has 3 aromatic heterocycles. The van der Waals surface area contributed by atoms with Crippen LogP contribution in [0.4, 0.5) is 11.6 Å². The van der Waals surface area contributed by atoms with Crippen molar-refractivity contribution in [1.29, 1.82) is 0 Å². The number of carbonyl (C=O) groups is 1. The monoisotopic (exact) mass is 475 g/mol. The molecular weight excluding hydrogens is 450 g/mol. The lowest BCUT2D eigenvalue weighted by Gasteiger charge is -2.39. The van der Waals surface area contributed by atoms with E-state index < -0.39 is 0 Å². The zero-order valence-corrected chi connectivity index (χ0v) is 19.6. The SMILES string of the molecule is CC1(NC(=O)c2ccc(N)cn2)CCCC(Nc2ncc(Cl)c(-c3c[nH]c4ccccc34)n2)C1. The number of aromatic amines is 1. The Kier molecular flexibility index (Phi) is 5.83. The average Bonchev–Trinajstić information content (AvgIpc) is 3.24. The molecule has 34 heavy (non-hydrogen) atoms. The number of pyridine rings is 1. The highest BCUT2D eigenvalue weighted by molar-refractivity contribution is 6.33. The van der Waals surface area contributed by atoms with Crippen LogP contribution in [-0.2, 0) is 0 Å². The molecule has 2 atom stereocenters. The second kappa shape index (κ2) is 8.95. The van der Waals surface area contributed by atoms with Crippen LogP contribution < -0.4 is 16.4 Å². The summed E-state index contributed by atoms with van der Waals surface area (Å²) in [5.41, 5.74) is 8.83. The smallest absolute Gasteiger partial charge is 0.270 e. The van der Waals surface area contributed by atoms with Crippen LogP contribution in [0.5, 0.6) is 0 Å². The minimum Gasteiger partial charge on any atom is -0.397 e. The summed E-state index contributed by atoms with van der Waals surface area (Å²) in [7, 11) is 0. The molecule has 2 unspecified atom stereocenters. The van der Waals surface area contributed by atoms with Gasteiger partial charge in [0.25, 0.3) is 5.91 Å². The van der Waals surface area contributed by atoms with E-state index in [1.54, 1.807) is 18.3 Å². The van der Waals surface area contributed by atoms with Gasteiger partial charge in [0.05, 0.1) is 28.8 Å². The summed E-state index contributed by atoms with van der Waals surface area (Å²) in [6, 6.07) is 11.5. The average molecular weight is 476 g/mol. The van der Waals surface area contributed by atoms with Crippen LogP contribution >= 0.6 is 11.6 Å². The number of para-hydroxylation sites is 1. The van der Waals surface area contributed by atoms with Crippen LogP contribution in [0.15, 0.2) is 55.0 Å². The Morgan fingerprint density at radius 2 is 2.06 bits per heavy atom. The van der Waals surface area contributed by atoms with E-state index in [4.69, 9.17) is 22.3 Å². The van der Waals surface area contributed by atoms with E-state index in [0.29, 0.717) is 28.0 Å². The topological polar surface area (TPSA) is 122 Å². The number of nitrogens with one attached hydrogen (secondary N) is 3. The zero-order chi connectivity index (χ0) is 23.7. The molecule has 1 amide bonds. The Morgan fingerprint density at radius 3 is 2.88 bits per heavy atom. The first kappa shape index (κ1) is 22.2. The molecule has 0 bridgehead atoms. The maximum absolute atomic E-state index is 12.7. The number of fused-ring (bicyclic) bond motifs is 1. The fourth-order valence-corrected chi connectivity index (χ4v) is 4.87. The van der Waals surface area contributed by atoms with Crippen molar-refractivity contribution < 1.29 is 4.79 Å². The molecule has 174 valence electrons. The molecule has 1 fully saturated rings. The quantitative estimate of drug-likeness (QED) is 0.329. The molecule has 0 aliphatic heterocycles. The Morgan fingerprint density at radius 1 is 1.21 bits per heavy atom. The molecule has 1 aliphatic rings. The number of nitrogens with two attached hydrogens (primary N) is 1. The summed E-state index contributed by atoms with van der Waals surface area (Å²) in [5, 5.41) is 8.17. The van der Waals surface area contributed by atoms with Gasteiger partial charge in [0.15, 0.2) is 0 Å². The molecule has 8 nitrogen and oxygen atoms in total. The highest BCUT2D eigenvalue weighted by Crippen LogP contribution is 2.34. The minimum absolute atomic E-state index is 0.107. The van der Waals surface area contributed by atoms with Gasteiger partial charge in [0.1, 0.15) is 5.69 Å². The van der Waals surface area contributed by atoms with Gasteiger partial charge in [-0.1, -0.05) is 29.8 Å². The summed E-state index contributed by atoms with van der Waals surface area (Å²) in [6.07, 6.45) is 8.58. The number of hydrogen-bond acceptors (Lipinski definition) is 6. The molecule has 0 spiro atoms. The maximum atomic E-state index is 12.7. The first-order chi connectivity index (χ1) is 16.4. The van der Waals surface area contributed by atoms with Crippen molar-refractivity contribution in [3.63, 3.8) is 0 Å². The number of halogens is 1. The van der Waals surface area contributed by atoms with Crippen LogP contribution in [-0.4, -0.2) is 37.4 Å². The predicted octanol–water partition coefficient (Wildman–Crippen LogP) is 4.80. The lowest BCUT2D eigenvalue weighted by Crippen LogP contribution is -2.51. The van der Waals surface area contributed by atoms with Gasteiger partial charge in [-0.2, -0.15) is 0 Å². The standard InChI is InChI=1S/C25H26ClN7O/c1-25(33-23(34)21-9-8-15(27)12-28-21)10-4-5-16(11-25)31-24-30-14-19(26)22(32-24)18-13-29-20-7-3-2-6-17(18)20/h2-3,6-9,12-14,16,29H,4-5,10-11,27H2,1H3,(H,33,34)(H,30,31,32). The number of aromatic nitrogens is 4. The Balaban J connectivity index is 1.32. The van der Waals surface area contributed by atoms with Crippen LogP contribution in [0, 0.1) is 0 Å². The van der Waals surface area contributed by atoms with E-state index in [2.05, 4.69) is 32.5 Å². The van der Waals surface area contributed by atoms with E-state index in [-0.39, 0.29) is 17.5 Å². The number of rotatable bonds is 5. The number of nitrogens with zero attached hydrogens (tertiary/aromatic N) is 3. The summed E-state index contributed by atoms with van der Waals surface area (Å²) < 4.78 is 0. The second-order valence-electron chi connectivity index (χ2n) is 9.07. The molecule has 1 saturated carbocycles. The number of benzene rings is 1. The first-order valence-corrected chi connectivity index (χ1v) is 11.7. The molecular formula is C25H26ClN7O. The van der Waals surface area contributed by atoms with Crippen molar-refractivity contribution in [3.8, 4) is 11.3 Å². The number of anilines is 2. The highest BCUT2D eigenvalue weighted by atomic mass is 35.5. The third-order valence-electron chi connectivity index (χ3n) is 6.33.